The van der Waals surface area contributed by atoms with Crippen LogP contribution >= 0.6 is 11.8 Å². The van der Waals surface area contributed by atoms with E-state index in [0.717, 1.165) is 37.4 Å². The fourth-order valence-electron chi connectivity index (χ4n) is 2.78. The number of thioether (sulfide) groups is 1. The number of hydrogen-bond donors (Lipinski definition) is 2. The smallest absolute Gasteiger partial charge is 0.313 e. The maximum absolute atomic E-state index is 10.9. The summed E-state index contributed by atoms with van der Waals surface area (Å²) in [6, 6.07) is 8.17. The topological polar surface area (TPSA) is 80.0 Å². The van der Waals surface area contributed by atoms with Crippen molar-refractivity contribution in [3.05, 3.63) is 35.7 Å². The molecule has 2 heterocycles. The zero-order valence-electron chi connectivity index (χ0n) is 13.0. The summed E-state index contributed by atoms with van der Waals surface area (Å²) in [6.07, 6.45) is 2.04. The van der Waals surface area contributed by atoms with Gasteiger partial charge in [-0.25, -0.2) is 0 Å². The second-order valence-corrected chi connectivity index (χ2v) is 6.66. The number of carboxylic acids is 1. The van der Waals surface area contributed by atoms with Gasteiger partial charge in [0.15, 0.2) is 5.16 Å². The third kappa shape index (κ3) is 3.73. The Bertz CT molecular complexity index is 678. The monoisotopic (exact) mass is 332 g/mol. The van der Waals surface area contributed by atoms with Gasteiger partial charge in [-0.05, 0) is 45.0 Å². The van der Waals surface area contributed by atoms with E-state index in [0.29, 0.717) is 11.1 Å². The van der Waals surface area contributed by atoms with E-state index in [9.17, 15) is 4.79 Å². The number of benzene rings is 1. The Kier molecular flexibility index (Phi) is 4.97. The average molecular weight is 332 g/mol. The normalized spacial score (nSPS) is 15.7. The molecule has 0 amide bonds. The minimum Gasteiger partial charge on any atom is -0.481 e. The van der Waals surface area contributed by atoms with Crippen LogP contribution in [0.4, 0.5) is 0 Å². The summed E-state index contributed by atoms with van der Waals surface area (Å²) in [7, 11) is 0. The van der Waals surface area contributed by atoms with Gasteiger partial charge in [0.25, 0.3) is 0 Å². The van der Waals surface area contributed by atoms with Crippen molar-refractivity contribution in [2.24, 2.45) is 0 Å². The van der Waals surface area contributed by atoms with Crippen LogP contribution in [0.3, 0.4) is 0 Å². The lowest BCUT2D eigenvalue weighted by atomic mass is 9.97. The molecule has 2 aromatic rings. The number of hydrogen-bond acceptors (Lipinski definition) is 5. The van der Waals surface area contributed by atoms with E-state index in [-0.39, 0.29) is 5.75 Å². The number of rotatable bonds is 5. The summed E-state index contributed by atoms with van der Waals surface area (Å²) in [5.41, 5.74) is 2.17. The van der Waals surface area contributed by atoms with Crippen molar-refractivity contribution >= 4 is 17.7 Å². The van der Waals surface area contributed by atoms with Crippen LogP contribution in [0, 0.1) is 6.92 Å². The van der Waals surface area contributed by atoms with E-state index in [2.05, 4.69) is 15.5 Å². The summed E-state index contributed by atoms with van der Waals surface area (Å²) in [5, 5.41) is 21.6. The maximum atomic E-state index is 10.9. The molecule has 3 rings (SSSR count). The molecule has 1 aliphatic heterocycles. The molecule has 1 fully saturated rings. The van der Waals surface area contributed by atoms with Crippen molar-refractivity contribution in [1.82, 2.24) is 20.1 Å². The zero-order chi connectivity index (χ0) is 16.2. The van der Waals surface area contributed by atoms with Crippen molar-refractivity contribution in [1.29, 1.82) is 0 Å². The van der Waals surface area contributed by atoms with E-state index in [1.165, 1.54) is 17.3 Å². The quantitative estimate of drug-likeness (QED) is 0.817. The molecule has 6 nitrogen and oxygen atoms in total. The molecule has 7 heteroatoms. The minimum atomic E-state index is -0.850. The number of nitrogens with zero attached hydrogens (tertiary/aromatic N) is 3. The van der Waals surface area contributed by atoms with E-state index >= 15 is 0 Å². The van der Waals surface area contributed by atoms with Gasteiger partial charge in [-0.2, -0.15) is 0 Å². The molecule has 1 aliphatic rings. The van der Waals surface area contributed by atoms with Crippen LogP contribution in [0.5, 0.6) is 0 Å². The van der Waals surface area contributed by atoms with Gasteiger partial charge >= 0.3 is 5.97 Å². The predicted octanol–water partition coefficient (Wildman–Crippen LogP) is 2.22. The number of piperidine rings is 1. The lowest BCUT2D eigenvalue weighted by Gasteiger charge is -2.22. The Labute approximate surface area is 139 Å². The van der Waals surface area contributed by atoms with Crippen molar-refractivity contribution < 1.29 is 9.90 Å². The summed E-state index contributed by atoms with van der Waals surface area (Å²) in [4.78, 5) is 10.9. The lowest BCUT2D eigenvalue weighted by Crippen LogP contribution is -2.28. The highest BCUT2D eigenvalue weighted by Gasteiger charge is 2.24. The molecule has 122 valence electrons. The molecule has 0 bridgehead atoms. The van der Waals surface area contributed by atoms with Gasteiger partial charge in [0.1, 0.15) is 5.82 Å². The van der Waals surface area contributed by atoms with Crippen LogP contribution in [-0.2, 0) is 4.79 Å². The summed E-state index contributed by atoms with van der Waals surface area (Å²) in [6.45, 7) is 4.00. The van der Waals surface area contributed by atoms with E-state index in [4.69, 9.17) is 5.11 Å². The summed E-state index contributed by atoms with van der Waals surface area (Å²) < 4.78 is 2.02. The SMILES string of the molecule is Cc1ccc(-n2c(SCC(=O)O)nnc2C2CCNCC2)cc1. The van der Waals surface area contributed by atoms with Crippen molar-refractivity contribution in [3.8, 4) is 5.69 Å². The van der Waals surface area contributed by atoms with Gasteiger partial charge in [0.05, 0.1) is 5.75 Å². The molecule has 1 saturated heterocycles. The van der Waals surface area contributed by atoms with E-state index in [1.807, 2.05) is 35.8 Å². The maximum Gasteiger partial charge on any atom is 0.313 e. The first-order valence-electron chi connectivity index (χ1n) is 7.73. The third-order valence-corrected chi connectivity index (χ3v) is 4.89. The van der Waals surface area contributed by atoms with Gasteiger partial charge in [-0.15, -0.1) is 10.2 Å². The second-order valence-electron chi connectivity index (χ2n) is 5.72. The van der Waals surface area contributed by atoms with Gasteiger partial charge in [-0.3, -0.25) is 9.36 Å². The molecule has 0 aliphatic carbocycles. The fraction of sp³-hybridized carbons (Fsp3) is 0.438. The van der Waals surface area contributed by atoms with Crippen LogP contribution < -0.4 is 5.32 Å². The molecule has 0 saturated carbocycles. The van der Waals surface area contributed by atoms with Crippen LogP contribution in [0.15, 0.2) is 29.4 Å². The van der Waals surface area contributed by atoms with Crippen molar-refractivity contribution in [3.63, 3.8) is 0 Å². The number of aromatic nitrogens is 3. The molecule has 0 unspecified atom stereocenters. The van der Waals surface area contributed by atoms with Gasteiger partial charge in [0, 0.05) is 11.6 Å². The summed E-state index contributed by atoms with van der Waals surface area (Å²) in [5.74, 6) is 0.417. The van der Waals surface area contributed by atoms with Crippen LogP contribution in [-0.4, -0.2) is 44.7 Å². The molecular weight excluding hydrogens is 312 g/mol. The first-order chi connectivity index (χ1) is 11.1. The Hall–Kier alpha value is -1.86. The Morgan fingerprint density at radius 1 is 1.30 bits per heavy atom. The number of carboxylic acid groups (broad SMARTS) is 1. The van der Waals surface area contributed by atoms with Crippen LogP contribution in [0.1, 0.15) is 30.1 Å². The largest absolute Gasteiger partial charge is 0.481 e. The predicted molar refractivity (Wildman–Crippen MR) is 89.3 cm³/mol. The first-order valence-corrected chi connectivity index (χ1v) is 8.71. The molecule has 1 aromatic carbocycles. The molecule has 0 atom stereocenters. The molecule has 0 spiro atoms. The number of aliphatic carboxylic acids is 1. The Morgan fingerprint density at radius 3 is 2.65 bits per heavy atom. The van der Waals surface area contributed by atoms with Gasteiger partial charge < -0.3 is 10.4 Å². The highest BCUT2D eigenvalue weighted by Crippen LogP contribution is 2.30. The van der Waals surface area contributed by atoms with Gasteiger partial charge in [0.2, 0.25) is 0 Å². The van der Waals surface area contributed by atoms with Crippen molar-refractivity contribution in [2.75, 3.05) is 18.8 Å². The van der Waals surface area contributed by atoms with Crippen molar-refractivity contribution in [2.45, 2.75) is 30.8 Å². The van der Waals surface area contributed by atoms with E-state index in [1.54, 1.807) is 0 Å². The number of carbonyl (C=O) groups is 1. The Morgan fingerprint density at radius 2 is 2.00 bits per heavy atom. The molecule has 1 aromatic heterocycles. The molecule has 2 N–H and O–H groups in total. The second kappa shape index (κ2) is 7.14. The lowest BCUT2D eigenvalue weighted by molar-refractivity contribution is -0.133. The highest BCUT2D eigenvalue weighted by molar-refractivity contribution is 7.99. The first kappa shape index (κ1) is 16.0. The van der Waals surface area contributed by atoms with Crippen LogP contribution in [0.25, 0.3) is 5.69 Å². The summed E-state index contributed by atoms with van der Waals surface area (Å²) >= 11 is 1.21. The average Bonchev–Trinajstić information content (AvgIpc) is 2.98. The van der Waals surface area contributed by atoms with Crippen LogP contribution in [0.2, 0.25) is 0 Å². The molecular formula is C16H20N4O2S. The van der Waals surface area contributed by atoms with E-state index < -0.39 is 5.97 Å². The zero-order valence-corrected chi connectivity index (χ0v) is 13.8. The number of nitrogens with one attached hydrogen (secondary N) is 1. The highest BCUT2D eigenvalue weighted by atomic mass is 32.2. The Balaban J connectivity index is 1.98. The molecule has 0 radical (unpaired) electrons. The minimum absolute atomic E-state index is 0.0176. The molecule has 23 heavy (non-hydrogen) atoms. The fourth-order valence-corrected chi connectivity index (χ4v) is 3.46. The number of aryl methyl sites for hydroxylation is 1. The third-order valence-electron chi connectivity index (χ3n) is 3.98. The van der Waals surface area contributed by atoms with Gasteiger partial charge in [-0.1, -0.05) is 29.5 Å². The standard InChI is InChI=1S/C16H20N4O2S/c1-11-2-4-13(5-3-11)20-15(12-6-8-17-9-7-12)18-19-16(20)23-10-14(21)22/h2-5,12,17H,6-10H2,1H3,(H,21,22).